The number of barbiturate groups is 1. The van der Waals surface area contributed by atoms with Crippen molar-refractivity contribution in [3.05, 3.63) is 98.0 Å². The van der Waals surface area contributed by atoms with E-state index in [9.17, 15) is 14.4 Å². The van der Waals surface area contributed by atoms with Gasteiger partial charge in [0.15, 0.2) is 0 Å². The average molecular weight is 530 g/mol. The van der Waals surface area contributed by atoms with Crippen LogP contribution >= 0.6 is 34.8 Å². The Bertz CT molecular complexity index is 1370. The van der Waals surface area contributed by atoms with E-state index in [4.69, 9.17) is 39.5 Å². The minimum Gasteiger partial charge on any atom is -0.494 e. The number of imide groups is 2. The fraction of sp³-hybridized carbons (Fsp3) is 0.115. The molecule has 35 heavy (non-hydrogen) atoms. The van der Waals surface area contributed by atoms with Crippen LogP contribution in [0.5, 0.6) is 5.75 Å². The molecule has 0 aromatic heterocycles. The van der Waals surface area contributed by atoms with Crippen LogP contribution in [0.2, 0.25) is 15.1 Å². The normalized spacial score (nSPS) is 14.9. The molecule has 1 aliphatic rings. The summed E-state index contributed by atoms with van der Waals surface area (Å²) in [5, 5.41) is 3.52. The standard InChI is InChI=1S/C26H19Cl3N2O4/c1-2-35-23-12-15(11-22(29)19(23)13-16-6-3-4-9-21(16)28)10-20-24(32)30-26(34)31(25(20)33)18-8-5-7-17(27)14-18/h3-12,14H,2,13H2,1H3,(H,30,32,34)/b20-10+. The SMILES string of the molecule is CCOc1cc(/C=C2\C(=O)NC(=O)N(c3cccc(Cl)c3)C2=O)cc(Cl)c1Cc1ccccc1Cl. The molecule has 1 aliphatic heterocycles. The summed E-state index contributed by atoms with van der Waals surface area (Å²) >= 11 is 18.9. The lowest BCUT2D eigenvalue weighted by Gasteiger charge is -2.26. The highest BCUT2D eigenvalue weighted by molar-refractivity contribution is 6.39. The molecule has 9 heteroatoms. The van der Waals surface area contributed by atoms with Crippen LogP contribution in [-0.2, 0) is 16.0 Å². The van der Waals surface area contributed by atoms with Crippen molar-refractivity contribution in [2.45, 2.75) is 13.3 Å². The summed E-state index contributed by atoms with van der Waals surface area (Å²) in [6.45, 7) is 2.22. The van der Waals surface area contributed by atoms with Crippen LogP contribution < -0.4 is 15.0 Å². The lowest BCUT2D eigenvalue weighted by Crippen LogP contribution is -2.54. The van der Waals surface area contributed by atoms with Gasteiger partial charge in [0.1, 0.15) is 11.3 Å². The van der Waals surface area contributed by atoms with Crippen LogP contribution in [0.25, 0.3) is 6.08 Å². The lowest BCUT2D eigenvalue weighted by molar-refractivity contribution is -0.122. The molecule has 1 fully saturated rings. The zero-order valence-corrected chi connectivity index (χ0v) is 20.7. The van der Waals surface area contributed by atoms with E-state index >= 15 is 0 Å². The molecule has 4 rings (SSSR count). The number of hydrogen-bond acceptors (Lipinski definition) is 4. The summed E-state index contributed by atoms with van der Waals surface area (Å²) in [5.74, 6) is -1.10. The van der Waals surface area contributed by atoms with Crippen molar-refractivity contribution in [1.29, 1.82) is 0 Å². The van der Waals surface area contributed by atoms with Gasteiger partial charge in [0.2, 0.25) is 0 Å². The Morgan fingerprint density at radius 1 is 0.943 bits per heavy atom. The molecule has 4 amide bonds. The van der Waals surface area contributed by atoms with Crippen molar-refractivity contribution < 1.29 is 19.1 Å². The van der Waals surface area contributed by atoms with Gasteiger partial charge in [-0.25, -0.2) is 9.69 Å². The van der Waals surface area contributed by atoms with Gasteiger partial charge in [0.25, 0.3) is 11.8 Å². The van der Waals surface area contributed by atoms with Crippen molar-refractivity contribution in [3.63, 3.8) is 0 Å². The first kappa shape index (κ1) is 24.8. The van der Waals surface area contributed by atoms with Crippen molar-refractivity contribution in [1.82, 2.24) is 5.32 Å². The Morgan fingerprint density at radius 2 is 1.71 bits per heavy atom. The second-order valence-electron chi connectivity index (χ2n) is 7.62. The van der Waals surface area contributed by atoms with Gasteiger partial charge in [-0.3, -0.25) is 14.9 Å². The monoisotopic (exact) mass is 528 g/mol. The van der Waals surface area contributed by atoms with Crippen molar-refractivity contribution >= 4 is 64.4 Å². The van der Waals surface area contributed by atoms with E-state index in [0.29, 0.717) is 39.4 Å². The predicted molar refractivity (Wildman–Crippen MR) is 137 cm³/mol. The number of carbonyl (C=O) groups excluding carboxylic acids is 3. The first-order valence-electron chi connectivity index (χ1n) is 10.6. The quantitative estimate of drug-likeness (QED) is 0.300. The number of amides is 4. The number of nitrogens with zero attached hydrogens (tertiary/aromatic N) is 1. The Balaban J connectivity index is 1.73. The topological polar surface area (TPSA) is 75.7 Å². The van der Waals surface area contributed by atoms with Gasteiger partial charge in [-0.05, 0) is 60.5 Å². The molecule has 0 bridgehead atoms. The van der Waals surface area contributed by atoms with Crippen LogP contribution in [0.15, 0.2) is 66.2 Å². The molecule has 3 aromatic rings. The number of hydrogen-bond donors (Lipinski definition) is 1. The summed E-state index contributed by atoms with van der Waals surface area (Å²) in [7, 11) is 0. The third kappa shape index (κ3) is 5.35. The molecule has 3 aromatic carbocycles. The Morgan fingerprint density at radius 3 is 2.43 bits per heavy atom. The molecule has 0 unspecified atom stereocenters. The van der Waals surface area contributed by atoms with Gasteiger partial charge >= 0.3 is 6.03 Å². The molecule has 0 atom stereocenters. The maximum Gasteiger partial charge on any atom is 0.335 e. The summed E-state index contributed by atoms with van der Waals surface area (Å²) in [6, 6.07) is 16.1. The Hall–Kier alpha value is -3.32. The van der Waals surface area contributed by atoms with Crippen molar-refractivity contribution in [3.8, 4) is 5.75 Å². The van der Waals surface area contributed by atoms with E-state index in [0.717, 1.165) is 16.0 Å². The van der Waals surface area contributed by atoms with Crippen LogP contribution in [0.3, 0.4) is 0 Å². The number of carbonyl (C=O) groups is 3. The third-order valence-electron chi connectivity index (χ3n) is 5.28. The van der Waals surface area contributed by atoms with E-state index in [-0.39, 0.29) is 11.3 Å². The van der Waals surface area contributed by atoms with Gasteiger partial charge in [-0.15, -0.1) is 0 Å². The molecule has 1 heterocycles. The van der Waals surface area contributed by atoms with E-state index in [1.54, 1.807) is 36.4 Å². The molecule has 1 N–H and O–H groups in total. The minimum absolute atomic E-state index is 0.234. The number of urea groups is 1. The molecule has 0 aliphatic carbocycles. The van der Waals surface area contributed by atoms with Gasteiger partial charge < -0.3 is 4.74 Å². The lowest BCUT2D eigenvalue weighted by atomic mass is 10.00. The minimum atomic E-state index is -0.859. The maximum atomic E-state index is 13.2. The van der Waals surface area contributed by atoms with Crippen LogP contribution in [-0.4, -0.2) is 24.5 Å². The zero-order valence-electron chi connectivity index (χ0n) is 18.5. The summed E-state index contributed by atoms with van der Waals surface area (Å²) < 4.78 is 5.81. The van der Waals surface area contributed by atoms with Crippen molar-refractivity contribution in [2.75, 3.05) is 11.5 Å². The molecular weight excluding hydrogens is 511 g/mol. The fourth-order valence-corrected chi connectivity index (χ4v) is 4.35. The fourth-order valence-electron chi connectivity index (χ4n) is 3.68. The van der Waals surface area contributed by atoms with E-state index in [1.165, 1.54) is 12.1 Å². The Kier molecular flexibility index (Phi) is 7.45. The maximum absolute atomic E-state index is 13.2. The molecule has 0 saturated carbocycles. The van der Waals surface area contributed by atoms with E-state index in [2.05, 4.69) is 5.32 Å². The summed E-state index contributed by atoms with van der Waals surface area (Å²) in [6.07, 6.45) is 1.80. The molecule has 178 valence electrons. The van der Waals surface area contributed by atoms with Crippen molar-refractivity contribution in [2.24, 2.45) is 0 Å². The first-order chi connectivity index (χ1) is 16.8. The highest BCUT2D eigenvalue weighted by Gasteiger charge is 2.37. The van der Waals surface area contributed by atoms with Crippen LogP contribution in [0.1, 0.15) is 23.6 Å². The Labute approximate surface area is 217 Å². The van der Waals surface area contributed by atoms with E-state index in [1.807, 2.05) is 25.1 Å². The second-order valence-corrected chi connectivity index (χ2v) is 8.87. The average Bonchev–Trinajstić information content (AvgIpc) is 2.80. The molecule has 6 nitrogen and oxygen atoms in total. The summed E-state index contributed by atoms with van der Waals surface area (Å²) in [5.41, 5.74) is 2.06. The van der Waals surface area contributed by atoms with Gasteiger partial charge in [0.05, 0.1) is 12.3 Å². The molecular formula is C26H19Cl3N2O4. The highest BCUT2D eigenvalue weighted by Crippen LogP contribution is 2.34. The zero-order chi connectivity index (χ0) is 25.1. The summed E-state index contributed by atoms with van der Waals surface area (Å²) in [4.78, 5) is 39.0. The van der Waals surface area contributed by atoms with Crippen LogP contribution in [0.4, 0.5) is 10.5 Å². The van der Waals surface area contributed by atoms with Gasteiger partial charge in [0, 0.05) is 27.1 Å². The molecule has 0 radical (unpaired) electrons. The first-order valence-corrected chi connectivity index (χ1v) is 11.8. The highest BCUT2D eigenvalue weighted by atomic mass is 35.5. The molecule has 0 spiro atoms. The van der Waals surface area contributed by atoms with E-state index < -0.39 is 17.8 Å². The second kappa shape index (κ2) is 10.5. The van der Waals surface area contributed by atoms with Crippen LogP contribution in [0, 0.1) is 0 Å². The smallest absolute Gasteiger partial charge is 0.335 e. The number of rotatable bonds is 6. The number of ether oxygens (including phenoxy) is 1. The van der Waals surface area contributed by atoms with Gasteiger partial charge in [-0.1, -0.05) is 59.1 Å². The largest absolute Gasteiger partial charge is 0.494 e. The predicted octanol–water partition coefficient (Wildman–Crippen LogP) is 6.30. The number of nitrogens with one attached hydrogen (secondary N) is 1. The number of anilines is 1. The van der Waals surface area contributed by atoms with Gasteiger partial charge in [-0.2, -0.15) is 0 Å². The molecule has 1 saturated heterocycles. The third-order valence-corrected chi connectivity index (χ3v) is 6.22. The number of halogens is 3. The number of benzene rings is 3.